The second kappa shape index (κ2) is 12.3. The molecule has 0 bridgehead atoms. The average molecular weight is 531 g/mol. The first kappa shape index (κ1) is 29.4. The van der Waals surface area contributed by atoms with Gasteiger partial charge in [-0.25, -0.2) is 4.79 Å². The lowest BCUT2D eigenvalue weighted by Crippen LogP contribution is -2.51. The number of alkyl carbamates (subject to hydrolysis) is 1. The van der Waals surface area contributed by atoms with Crippen LogP contribution in [0.4, 0.5) is 4.79 Å². The third-order valence-electron chi connectivity index (χ3n) is 11.4. The van der Waals surface area contributed by atoms with E-state index in [1.54, 1.807) is 0 Å². The highest BCUT2D eigenvalue weighted by Crippen LogP contribution is 2.67. The number of rotatable bonds is 10. The third kappa shape index (κ3) is 6.10. The summed E-state index contributed by atoms with van der Waals surface area (Å²) in [4.78, 5) is 23.4. The standard InChI is InChI=1S/C32H54N2O4/c1-21(2)7-6-8-22(3)26-11-12-27-25-10-9-23-19-24(38-30(37)34-18-17-33-29(36)20-35)13-15-31(23,4)28(25)14-16-32(26,27)5/h9,21-22,24-28,35H,6-8,10-20H2,1-5H3,(H,33,36)(H,34,37)/t22-,24+,25+,26-,27+,28+,31+,32-/m1/s1. The zero-order valence-electron chi connectivity index (χ0n) is 24.7. The van der Waals surface area contributed by atoms with Gasteiger partial charge < -0.3 is 20.5 Å². The van der Waals surface area contributed by atoms with Gasteiger partial charge in [0.15, 0.2) is 0 Å². The van der Waals surface area contributed by atoms with Crippen molar-refractivity contribution >= 4 is 12.0 Å². The van der Waals surface area contributed by atoms with Gasteiger partial charge in [-0.15, -0.1) is 0 Å². The molecule has 0 aliphatic heterocycles. The van der Waals surface area contributed by atoms with Crippen LogP contribution in [0.3, 0.4) is 0 Å². The van der Waals surface area contributed by atoms with Gasteiger partial charge in [-0.05, 0) is 91.3 Å². The Morgan fingerprint density at radius 2 is 1.79 bits per heavy atom. The van der Waals surface area contributed by atoms with Crippen molar-refractivity contribution in [1.29, 1.82) is 0 Å². The fraction of sp³-hybridized carbons (Fsp3) is 0.875. The number of hydrogen-bond acceptors (Lipinski definition) is 4. The first-order valence-electron chi connectivity index (χ1n) is 15.6. The van der Waals surface area contributed by atoms with Crippen molar-refractivity contribution in [2.45, 2.75) is 111 Å². The topological polar surface area (TPSA) is 87.7 Å². The van der Waals surface area contributed by atoms with Gasteiger partial charge in [0.25, 0.3) is 0 Å². The molecule has 0 heterocycles. The van der Waals surface area contributed by atoms with Crippen LogP contribution in [-0.2, 0) is 9.53 Å². The number of aliphatic hydroxyl groups excluding tert-OH is 1. The molecule has 0 unspecified atom stereocenters. The van der Waals surface area contributed by atoms with Crippen LogP contribution in [0.2, 0.25) is 0 Å². The minimum absolute atomic E-state index is 0.0747. The van der Waals surface area contributed by atoms with Crippen LogP contribution in [0.5, 0.6) is 0 Å². The Morgan fingerprint density at radius 3 is 2.53 bits per heavy atom. The third-order valence-corrected chi connectivity index (χ3v) is 11.4. The summed E-state index contributed by atoms with van der Waals surface area (Å²) < 4.78 is 5.77. The number of nitrogens with one attached hydrogen (secondary N) is 2. The van der Waals surface area contributed by atoms with E-state index >= 15 is 0 Å². The maximum Gasteiger partial charge on any atom is 0.407 e. The Balaban J connectivity index is 1.33. The molecule has 3 fully saturated rings. The zero-order valence-corrected chi connectivity index (χ0v) is 24.7. The molecular weight excluding hydrogens is 476 g/mol. The molecule has 6 heteroatoms. The van der Waals surface area contributed by atoms with E-state index in [0.717, 1.165) is 54.8 Å². The van der Waals surface area contributed by atoms with Gasteiger partial charge >= 0.3 is 6.09 Å². The average Bonchev–Trinajstić information content (AvgIpc) is 3.23. The number of amides is 2. The molecule has 0 aromatic heterocycles. The molecule has 216 valence electrons. The highest BCUT2D eigenvalue weighted by atomic mass is 16.6. The van der Waals surface area contributed by atoms with E-state index in [4.69, 9.17) is 9.84 Å². The van der Waals surface area contributed by atoms with Crippen molar-refractivity contribution in [1.82, 2.24) is 10.6 Å². The Bertz CT molecular complexity index is 872. The number of aliphatic hydroxyl groups is 1. The molecule has 38 heavy (non-hydrogen) atoms. The SMILES string of the molecule is CC(C)CCC[C@@H](C)[C@H]1CC[C@H]2[C@@H]3CC=C4C[C@@H](OC(=O)NCCNC(=O)CO)CC[C@]4(C)[C@H]3CC[C@]12C. The Labute approximate surface area is 231 Å². The van der Waals surface area contributed by atoms with Crippen molar-refractivity contribution in [2.75, 3.05) is 19.7 Å². The van der Waals surface area contributed by atoms with Crippen LogP contribution < -0.4 is 10.6 Å². The molecule has 6 nitrogen and oxygen atoms in total. The first-order chi connectivity index (χ1) is 18.1. The molecule has 0 radical (unpaired) electrons. The van der Waals surface area contributed by atoms with E-state index in [1.807, 2.05) is 0 Å². The molecule has 4 rings (SSSR count). The number of fused-ring (bicyclic) bond motifs is 5. The predicted molar refractivity (Wildman–Crippen MR) is 151 cm³/mol. The molecule has 0 aromatic rings. The van der Waals surface area contributed by atoms with E-state index < -0.39 is 18.6 Å². The predicted octanol–water partition coefficient (Wildman–Crippen LogP) is 6.23. The summed E-state index contributed by atoms with van der Waals surface area (Å²) in [5.41, 5.74) is 2.28. The molecule has 3 N–H and O–H groups in total. The summed E-state index contributed by atoms with van der Waals surface area (Å²) in [6.45, 7) is 12.5. The zero-order chi connectivity index (χ0) is 27.5. The first-order valence-corrected chi connectivity index (χ1v) is 15.6. The van der Waals surface area contributed by atoms with Gasteiger partial charge in [0, 0.05) is 19.5 Å². The molecule has 3 saturated carbocycles. The van der Waals surface area contributed by atoms with E-state index in [9.17, 15) is 9.59 Å². The van der Waals surface area contributed by atoms with Crippen LogP contribution in [0.25, 0.3) is 0 Å². The molecule has 2 amide bonds. The van der Waals surface area contributed by atoms with Gasteiger partial charge in [0.1, 0.15) is 12.7 Å². The lowest BCUT2D eigenvalue weighted by atomic mass is 9.47. The van der Waals surface area contributed by atoms with Crippen LogP contribution in [0, 0.1) is 46.3 Å². The van der Waals surface area contributed by atoms with Crippen LogP contribution in [0.1, 0.15) is 105 Å². The van der Waals surface area contributed by atoms with E-state index in [1.165, 1.54) is 56.9 Å². The maximum absolute atomic E-state index is 12.3. The van der Waals surface area contributed by atoms with Crippen molar-refractivity contribution in [2.24, 2.45) is 46.3 Å². The quantitative estimate of drug-likeness (QED) is 0.231. The van der Waals surface area contributed by atoms with Crippen molar-refractivity contribution in [3.63, 3.8) is 0 Å². The Kier molecular flexibility index (Phi) is 9.53. The van der Waals surface area contributed by atoms with Crippen molar-refractivity contribution in [3.05, 3.63) is 11.6 Å². The summed E-state index contributed by atoms with van der Waals surface area (Å²) in [5, 5.41) is 14.0. The van der Waals surface area contributed by atoms with Crippen LogP contribution in [-0.4, -0.2) is 42.9 Å². The number of allylic oxidation sites excluding steroid dienone is 1. The second-order valence-electron chi connectivity index (χ2n) is 14.0. The van der Waals surface area contributed by atoms with Crippen LogP contribution >= 0.6 is 0 Å². The maximum atomic E-state index is 12.3. The second-order valence-corrected chi connectivity index (χ2v) is 14.0. The number of carbonyl (C=O) groups is 2. The van der Waals surface area contributed by atoms with Gasteiger partial charge in [-0.1, -0.05) is 65.5 Å². The summed E-state index contributed by atoms with van der Waals surface area (Å²) in [6.07, 6.45) is 15.9. The van der Waals surface area contributed by atoms with Crippen molar-refractivity contribution < 1.29 is 19.4 Å². The minimum Gasteiger partial charge on any atom is -0.446 e. The van der Waals surface area contributed by atoms with Crippen LogP contribution in [0.15, 0.2) is 11.6 Å². The fourth-order valence-electron chi connectivity index (χ4n) is 9.37. The molecule has 0 aromatic carbocycles. The Morgan fingerprint density at radius 1 is 1.03 bits per heavy atom. The lowest BCUT2D eigenvalue weighted by molar-refractivity contribution is -0.123. The van der Waals surface area contributed by atoms with Gasteiger partial charge in [0.05, 0.1) is 0 Å². The van der Waals surface area contributed by atoms with E-state index in [0.29, 0.717) is 12.0 Å². The van der Waals surface area contributed by atoms with E-state index in [-0.39, 0.29) is 18.1 Å². The summed E-state index contributed by atoms with van der Waals surface area (Å²) in [7, 11) is 0. The minimum atomic E-state index is -0.541. The number of hydrogen-bond donors (Lipinski definition) is 3. The number of carbonyl (C=O) groups excluding carboxylic acids is 2. The smallest absolute Gasteiger partial charge is 0.407 e. The molecule has 4 aliphatic carbocycles. The highest BCUT2D eigenvalue weighted by Gasteiger charge is 2.59. The summed E-state index contributed by atoms with van der Waals surface area (Å²) in [6, 6.07) is 0. The molecule has 4 aliphatic rings. The van der Waals surface area contributed by atoms with Gasteiger partial charge in [0.2, 0.25) is 5.91 Å². The molecule has 0 spiro atoms. The summed E-state index contributed by atoms with van der Waals surface area (Å²) >= 11 is 0. The molecule has 0 saturated heterocycles. The fourth-order valence-corrected chi connectivity index (χ4v) is 9.37. The monoisotopic (exact) mass is 530 g/mol. The molecule has 8 atom stereocenters. The summed E-state index contributed by atoms with van der Waals surface area (Å²) in [5.74, 6) is 4.54. The normalized spacial score (nSPS) is 36.9. The molecular formula is C32H54N2O4. The highest BCUT2D eigenvalue weighted by molar-refractivity contribution is 5.76. The lowest BCUT2D eigenvalue weighted by Gasteiger charge is -2.58. The number of ether oxygens (including phenoxy) is 1. The van der Waals surface area contributed by atoms with Crippen molar-refractivity contribution in [3.8, 4) is 0 Å². The van der Waals surface area contributed by atoms with Gasteiger partial charge in [-0.3, -0.25) is 4.79 Å². The largest absolute Gasteiger partial charge is 0.446 e. The van der Waals surface area contributed by atoms with E-state index in [2.05, 4.69) is 51.3 Å². The van der Waals surface area contributed by atoms with Gasteiger partial charge in [-0.2, -0.15) is 0 Å². The Hall–Kier alpha value is -1.56.